The molecule has 5 rings (SSSR count). The summed E-state index contributed by atoms with van der Waals surface area (Å²) in [5.74, 6) is 3.38. The number of hydrogen-bond acceptors (Lipinski definition) is 2. The fourth-order valence-electron chi connectivity index (χ4n) is 6.12. The summed E-state index contributed by atoms with van der Waals surface area (Å²) in [6.45, 7) is 8.80. The molecule has 2 nitrogen and oxygen atoms in total. The highest BCUT2D eigenvalue weighted by atomic mass is 16.1. The highest BCUT2D eigenvalue weighted by Gasteiger charge is 2.58. The zero-order chi connectivity index (χ0) is 16.1. The number of rotatable bonds is 0. The Morgan fingerprint density at radius 3 is 2.27 bits per heavy atom. The number of carbonyl (C=O) groups excluding carboxylic acids is 2. The molecule has 6 atom stereocenters. The maximum Gasteiger partial charge on any atom is 0.141 e. The van der Waals surface area contributed by atoms with Gasteiger partial charge in [-0.25, -0.2) is 0 Å². The van der Waals surface area contributed by atoms with E-state index in [2.05, 4.69) is 20.8 Å². The van der Waals surface area contributed by atoms with Crippen molar-refractivity contribution in [3.63, 3.8) is 0 Å². The van der Waals surface area contributed by atoms with E-state index in [1.54, 1.807) is 0 Å². The molecular weight excluding hydrogens is 272 g/mol. The molecule has 0 amide bonds. The van der Waals surface area contributed by atoms with Gasteiger partial charge in [-0.1, -0.05) is 27.7 Å². The number of carbonyl (C=O) groups is 2. The van der Waals surface area contributed by atoms with Crippen molar-refractivity contribution in [1.29, 1.82) is 0 Å². The lowest BCUT2D eigenvalue weighted by Crippen LogP contribution is -2.55. The first-order valence-electron chi connectivity index (χ1n) is 9.28. The van der Waals surface area contributed by atoms with Gasteiger partial charge >= 0.3 is 0 Å². The van der Waals surface area contributed by atoms with E-state index >= 15 is 0 Å². The van der Waals surface area contributed by atoms with Gasteiger partial charge in [-0.05, 0) is 62.2 Å². The van der Waals surface area contributed by atoms with E-state index in [4.69, 9.17) is 0 Å². The standard InChI is InChI=1S/C12H18O.C8H14O/c1-11-4-8-3-9(6-11)10(13)12(2,5-8)7-11;1-6-3-4-7(2)8(9)5-6/h8-9H,3-7H2,1-2H3;6-7H,3-5H2,1-2H3. The van der Waals surface area contributed by atoms with Crippen molar-refractivity contribution in [1.82, 2.24) is 0 Å². The second-order valence-corrected chi connectivity index (χ2v) is 9.58. The van der Waals surface area contributed by atoms with Crippen LogP contribution in [0.15, 0.2) is 0 Å². The van der Waals surface area contributed by atoms with Gasteiger partial charge in [-0.15, -0.1) is 0 Å². The molecule has 0 spiro atoms. The van der Waals surface area contributed by atoms with Gasteiger partial charge in [0.25, 0.3) is 0 Å². The van der Waals surface area contributed by atoms with Crippen LogP contribution in [-0.2, 0) is 9.59 Å². The molecule has 0 radical (unpaired) electrons. The number of hydrogen-bond donors (Lipinski definition) is 0. The molecule has 0 aromatic rings. The van der Waals surface area contributed by atoms with Crippen LogP contribution in [0.25, 0.3) is 0 Å². The van der Waals surface area contributed by atoms with Crippen molar-refractivity contribution in [2.24, 2.45) is 34.5 Å². The molecule has 0 aromatic heterocycles. The summed E-state index contributed by atoms with van der Waals surface area (Å²) in [5, 5.41) is 0. The van der Waals surface area contributed by atoms with Crippen LogP contribution in [0.2, 0.25) is 0 Å². The highest BCUT2D eigenvalue weighted by Crippen LogP contribution is 2.63. The van der Waals surface area contributed by atoms with E-state index in [0.29, 0.717) is 34.7 Å². The summed E-state index contributed by atoms with van der Waals surface area (Å²) < 4.78 is 0. The fraction of sp³-hybridized carbons (Fsp3) is 0.900. The molecule has 0 N–H and O–H groups in total. The third kappa shape index (κ3) is 2.90. The first-order chi connectivity index (χ1) is 10.2. The van der Waals surface area contributed by atoms with Crippen molar-refractivity contribution in [2.45, 2.75) is 79.1 Å². The summed E-state index contributed by atoms with van der Waals surface area (Å²) >= 11 is 0. The molecule has 4 bridgehead atoms. The van der Waals surface area contributed by atoms with Crippen molar-refractivity contribution in [3.8, 4) is 0 Å². The molecule has 0 aromatic carbocycles. The predicted octanol–water partition coefficient (Wildman–Crippen LogP) is 4.80. The smallest absolute Gasteiger partial charge is 0.141 e. The molecule has 22 heavy (non-hydrogen) atoms. The predicted molar refractivity (Wildman–Crippen MR) is 88.5 cm³/mol. The molecule has 5 aliphatic carbocycles. The van der Waals surface area contributed by atoms with Crippen LogP contribution >= 0.6 is 0 Å². The van der Waals surface area contributed by atoms with Crippen LogP contribution in [0.5, 0.6) is 0 Å². The van der Waals surface area contributed by atoms with E-state index in [9.17, 15) is 9.59 Å². The Balaban J connectivity index is 0.000000142. The topological polar surface area (TPSA) is 34.1 Å². The molecule has 0 saturated heterocycles. The van der Waals surface area contributed by atoms with Gasteiger partial charge in [0.05, 0.1) is 0 Å². The van der Waals surface area contributed by atoms with Gasteiger partial charge in [0.15, 0.2) is 0 Å². The maximum atomic E-state index is 12.0. The second-order valence-electron chi connectivity index (χ2n) is 9.58. The summed E-state index contributed by atoms with van der Waals surface area (Å²) in [6.07, 6.45) is 9.34. The Labute approximate surface area is 135 Å². The largest absolute Gasteiger partial charge is 0.299 e. The normalized spacial score (nSPS) is 49.8. The third-order valence-corrected chi connectivity index (χ3v) is 6.85. The molecule has 5 aliphatic rings. The highest BCUT2D eigenvalue weighted by molar-refractivity contribution is 5.88. The molecule has 0 aliphatic heterocycles. The van der Waals surface area contributed by atoms with Crippen LogP contribution in [0.4, 0.5) is 0 Å². The summed E-state index contributed by atoms with van der Waals surface area (Å²) in [7, 11) is 0. The summed E-state index contributed by atoms with van der Waals surface area (Å²) in [4.78, 5) is 23.0. The molecule has 5 fully saturated rings. The zero-order valence-corrected chi connectivity index (χ0v) is 14.8. The van der Waals surface area contributed by atoms with Gasteiger partial charge in [-0.2, -0.15) is 0 Å². The van der Waals surface area contributed by atoms with E-state index in [-0.39, 0.29) is 5.41 Å². The average Bonchev–Trinajstić information content (AvgIpc) is 2.39. The minimum absolute atomic E-state index is 0.0822. The average molecular weight is 304 g/mol. The number of ketones is 2. The molecular formula is C20H32O2. The van der Waals surface area contributed by atoms with Crippen molar-refractivity contribution in [2.75, 3.05) is 0 Å². The van der Waals surface area contributed by atoms with Crippen molar-refractivity contribution < 1.29 is 9.59 Å². The molecule has 5 saturated carbocycles. The summed E-state index contributed by atoms with van der Waals surface area (Å²) in [6, 6.07) is 0. The maximum absolute atomic E-state index is 12.0. The van der Waals surface area contributed by atoms with Crippen LogP contribution in [0.1, 0.15) is 79.1 Å². The lowest BCUT2D eigenvalue weighted by atomic mass is 9.45. The Morgan fingerprint density at radius 1 is 1.00 bits per heavy atom. The van der Waals surface area contributed by atoms with Crippen LogP contribution in [0, 0.1) is 34.5 Å². The van der Waals surface area contributed by atoms with Crippen LogP contribution in [0.3, 0.4) is 0 Å². The van der Waals surface area contributed by atoms with Crippen LogP contribution in [-0.4, -0.2) is 11.6 Å². The van der Waals surface area contributed by atoms with Gasteiger partial charge in [0, 0.05) is 23.7 Å². The van der Waals surface area contributed by atoms with Gasteiger partial charge in [0.2, 0.25) is 0 Å². The van der Waals surface area contributed by atoms with E-state index in [0.717, 1.165) is 18.8 Å². The lowest BCUT2D eigenvalue weighted by Gasteiger charge is -2.59. The first kappa shape index (κ1) is 16.2. The quantitative estimate of drug-likeness (QED) is 0.644. The van der Waals surface area contributed by atoms with Crippen molar-refractivity contribution >= 4 is 11.6 Å². The van der Waals surface area contributed by atoms with E-state index < -0.39 is 0 Å². The minimum atomic E-state index is 0.0822. The molecule has 2 heteroatoms. The summed E-state index contributed by atoms with van der Waals surface area (Å²) in [5.41, 5.74) is 0.604. The van der Waals surface area contributed by atoms with Gasteiger partial charge in [-0.3, -0.25) is 9.59 Å². The third-order valence-electron chi connectivity index (χ3n) is 6.85. The second kappa shape index (κ2) is 5.46. The van der Waals surface area contributed by atoms with Gasteiger partial charge < -0.3 is 0 Å². The Morgan fingerprint density at radius 2 is 1.73 bits per heavy atom. The van der Waals surface area contributed by atoms with E-state index in [1.807, 2.05) is 6.92 Å². The fourth-order valence-corrected chi connectivity index (χ4v) is 6.12. The SMILES string of the molecule is CC12CC3CC(C1)C(=O)C(C)(C3)C2.CC1CCC(C)C(=O)C1. The minimum Gasteiger partial charge on any atom is -0.299 e. The molecule has 124 valence electrons. The van der Waals surface area contributed by atoms with Gasteiger partial charge in [0.1, 0.15) is 11.6 Å². The zero-order valence-electron chi connectivity index (χ0n) is 14.8. The van der Waals surface area contributed by atoms with Crippen LogP contribution < -0.4 is 0 Å². The Bertz CT molecular complexity index is 482. The Kier molecular flexibility index (Phi) is 4.02. The lowest BCUT2D eigenvalue weighted by molar-refractivity contribution is -0.159. The van der Waals surface area contributed by atoms with Crippen molar-refractivity contribution in [3.05, 3.63) is 0 Å². The monoisotopic (exact) mass is 304 g/mol. The van der Waals surface area contributed by atoms with E-state index in [1.165, 1.54) is 38.5 Å². The molecule has 0 heterocycles. The number of Topliss-reactive ketones (excluding diaryl/α,β-unsaturated/α-hetero) is 2. The molecule has 6 unspecified atom stereocenters. The first-order valence-corrected chi connectivity index (χ1v) is 9.28. The Hall–Kier alpha value is -0.660.